The smallest absolute Gasteiger partial charge is 0.247 e. The van der Waals surface area contributed by atoms with Gasteiger partial charge in [-0.05, 0) is 49.6 Å². The van der Waals surface area contributed by atoms with Gasteiger partial charge in [0, 0.05) is 34.6 Å². The maximum absolute atomic E-state index is 15.3. The van der Waals surface area contributed by atoms with Gasteiger partial charge in [0.15, 0.2) is 23.1 Å². The average molecular weight is 559 g/mol. The summed E-state index contributed by atoms with van der Waals surface area (Å²) in [6.07, 6.45) is 4.61. The number of nitrogens with zero attached hydrogens (tertiary/aromatic N) is 1. The first-order valence-electron chi connectivity index (χ1n) is 12.9. The number of carbonyl (C=O) groups is 2. The molecule has 10 heteroatoms. The second kappa shape index (κ2) is 11.2. The minimum absolute atomic E-state index is 0.0875. The molecule has 1 heterocycles. The summed E-state index contributed by atoms with van der Waals surface area (Å²) in [7, 11) is 2.45. The first kappa shape index (κ1) is 27.6. The SMILES string of the molecule is C=CC(=O)Nc1cccc(C)c1Nc1cc2c(NC3CC3)c(C(=O)c3c(F)c(OC)cc(OC)c3F)ccc2cn1. The zero-order valence-corrected chi connectivity index (χ0v) is 22.7. The van der Waals surface area contributed by atoms with Gasteiger partial charge in [0.2, 0.25) is 11.7 Å². The Labute approximate surface area is 235 Å². The molecule has 0 atom stereocenters. The molecule has 1 aliphatic rings. The molecule has 1 fully saturated rings. The predicted molar refractivity (Wildman–Crippen MR) is 155 cm³/mol. The summed E-state index contributed by atoms with van der Waals surface area (Å²) in [6.45, 7) is 5.38. The first-order valence-corrected chi connectivity index (χ1v) is 12.9. The van der Waals surface area contributed by atoms with Crippen LogP contribution in [0, 0.1) is 18.6 Å². The number of halogens is 2. The molecule has 1 aliphatic carbocycles. The standard InChI is InChI=1S/C31H28F2N4O4/c1-5-25(38)36-21-8-6-7-16(2)29(21)37-24-13-20-17(15-34-24)9-12-19(30(20)35-18-10-11-18)31(39)26-27(32)22(40-3)14-23(41-4)28(26)33/h5-9,12-15,18,35H,1,10-11H2,2-4H3,(H,34,37)(H,36,38). The van der Waals surface area contributed by atoms with Crippen LogP contribution in [0.15, 0.2) is 61.3 Å². The number of hydrogen-bond acceptors (Lipinski definition) is 7. The van der Waals surface area contributed by atoms with E-state index in [0.29, 0.717) is 33.7 Å². The molecule has 41 heavy (non-hydrogen) atoms. The molecule has 210 valence electrons. The van der Waals surface area contributed by atoms with Crippen LogP contribution in [0.5, 0.6) is 11.5 Å². The molecule has 4 aromatic rings. The van der Waals surface area contributed by atoms with Crippen molar-refractivity contribution in [2.75, 3.05) is 30.2 Å². The number of hydrogen-bond donors (Lipinski definition) is 3. The second-order valence-electron chi connectivity index (χ2n) is 9.63. The topological polar surface area (TPSA) is 102 Å². The maximum atomic E-state index is 15.3. The summed E-state index contributed by atoms with van der Waals surface area (Å²) < 4.78 is 40.6. The lowest BCUT2D eigenvalue weighted by molar-refractivity contribution is -0.111. The number of anilines is 4. The van der Waals surface area contributed by atoms with Gasteiger partial charge in [0.25, 0.3) is 0 Å². The highest BCUT2D eigenvalue weighted by atomic mass is 19.1. The van der Waals surface area contributed by atoms with Crippen molar-refractivity contribution >= 4 is 45.3 Å². The monoisotopic (exact) mass is 558 g/mol. The Kier molecular flexibility index (Phi) is 7.56. The van der Waals surface area contributed by atoms with Gasteiger partial charge in [-0.2, -0.15) is 0 Å². The highest BCUT2D eigenvalue weighted by Gasteiger charge is 2.30. The predicted octanol–water partition coefficient (Wildman–Crippen LogP) is 6.51. The van der Waals surface area contributed by atoms with E-state index < -0.39 is 23.0 Å². The number of amides is 1. The van der Waals surface area contributed by atoms with E-state index in [9.17, 15) is 9.59 Å². The Morgan fingerprint density at radius 2 is 1.73 bits per heavy atom. The highest BCUT2D eigenvalue weighted by Crippen LogP contribution is 2.38. The molecular weight excluding hydrogens is 530 g/mol. The number of methoxy groups -OCH3 is 2. The van der Waals surface area contributed by atoms with E-state index in [0.717, 1.165) is 24.5 Å². The summed E-state index contributed by atoms with van der Waals surface area (Å²) in [5.41, 5.74) is 1.78. The lowest BCUT2D eigenvalue weighted by Crippen LogP contribution is -2.14. The summed E-state index contributed by atoms with van der Waals surface area (Å²) >= 11 is 0. The number of rotatable bonds is 10. The fraction of sp³-hybridized carbons (Fsp3) is 0.194. The molecule has 0 unspecified atom stereocenters. The van der Waals surface area contributed by atoms with Gasteiger partial charge in [-0.15, -0.1) is 0 Å². The zero-order chi connectivity index (χ0) is 29.3. The van der Waals surface area contributed by atoms with Crippen LogP contribution in [0.4, 0.5) is 31.7 Å². The van der Waals surface area contributed by atoms with Crippen molar-refractivity contribution in [2.24, 2.45) is 0 Å². The van der Waals surface area contributed by atoms with E-state index >= 15 is 8.78 Å². The Bertz CT molecular complexity index is 1670. The van der Waals surface area contributed by atoms with Crippen molar-refractivity contribution in [1.82, 2.24) is 4.98 Å². The number of ether oxygens (including phenoxy) is 2. The molecule has 0 radical (unpaired) electrons. The van der Waals surface area contributed by atoms with Gasteiger partial charge in [0.1, 0.15) is 11.4 Å². The Morgan fingerprint density at radius 1 is 1.02 bits per heavy atom. The quantitative estimate of drug-likeness (QED) is 0.151. The molecule has 0 aliphatic heterocycles. The number of aryl methyl sites for hydroxylation is 1. The van der Waals surface area contributed by atoms with Crippen LogP contribution in [0.1, 0.15) is 34.3 Å². The lowest BCUT2D eigenvalue weighted by Gasteiger charge is -2.18. The molecule has 5 rings (SSSR count). The summed E-state index contributed by atoms with van der Waals surface area (Å²) in [5, 5.41) is 10.7. The molecule has 3 N–H and O–H groups in total. The number of fused-ring (bicyclic) bond motifs is 1. The van der Waals surface area contributed by atoms with Gasteiger partial charge in [-0.1, -0.05) is 24.8 Å². The number of ketones is 1. The summed E-state index contributed by atoms with van der Waals surface area (Å²) in [6, 6.07) is 11.6. The van der Waals surface area contributed by atoms with Crippen LogP contribution in [0.2, 0.25) is 0 Å². The molecule has 3 aromatic carbocycles. The van der Waals surface area contributed by atoms with Crippen molar-refractivity contribution in [3.05, 3.63) is 89.6 Å². The van der Waals surface area contributed by atoms with Gasteiger partial charge >= 0.3 is 0 Å². The van der Waals surface area contributed by atoms with E-state index in [1.807, 2.05) is 19.1 Å². The Morgan fingerprint density at radius 3 is 2.37 bits per heavy atom. The Balaban J connectivity index is 1.63. The molecule has 1 amide bonds. The van der Waals surface area contributed by atoms with Crippen LogP contribution in [0.3, 0.4) is 0 Å². The van der Waals surface area contributed by atoms with Crippen molar-refractivity contribution in [3.63, 3.8) is 0 Å². The molecule has 0 spiro atoms. The molecule has 1 saturated carbocycles. The van der Waals surface area contributed by atoms with E-state index in [2.05, 4.69) is 27.5 Å². The van der Waals surface area contributed by atoms with E-state index in [1.165, 1.54) is 26.4 Å². The number of pyridine rings is 1. The Hall–Kier alpha value is -4.99. The van der Waals surface area contributed by atoms with E-state index in [-0.39, 0.29) is 29.0 Å². The molecule has 8 nitrogen and oxygen atoms in total. The third kappa shape index (κ3) is 5.41. The van der Waals surface area contributed by atoms with Crippen molar-refractivity contribution in [3.8, 4) is 11.5 Å². The fourth-order valence-corrected chi connectivity index (χ4v) is 4.53. The zero-order valence-electron chi connectivity index (χ0n) is 22.7. The van der Waals surface area contributed by atoms with Crippen LogP contribution in [0.25, 0.3) is 10.8 Å². The molecule has 0 saturated heterocycles. The maximum Gasteiger partial charge on any atom is 0.247 e. The molecule has 1 aromatic heterocycles. The van der Waals surface area contributed by atoms with Crippen molar-refractivity contribution in [1.29, 1.82) is 0 Å². The number of benzene rings is 3. The van der Waals surface area contributed by atoms with Gasteiger partial charge in [-0.3, -0.25) is 9.59 Å². The minimum atomic E-state index is -1.11. The van der Waals surface area contributed by atoms with Gasteiger partial charge in [-0.25, -0.2) is 13.8 Å². The highest BCUT2D eigenvalue weighted by molar-refractivity contribution is 6.17. The largest absolute Gasteiger partial charge is 0.494 e. The van der Waals surface area contributed by atoms with Crippen LogP contribution in [-0.4, -0.2) is 36.9 Å². The summed E-state index contributed by atoms with van der Waals surface area (Å²) in [5.74, 6) is -3.63. The fourth-order valence-electron chi connectivity index (χ4n) is 4.53. The van der Waals surface area contributed by atoms with Gasteiger partial charge in [0.05, 0.1) is 31.3 Å². The lowest BCUT2D eigenvalue weighted by atomic mass is 9.96. The third-order valence-corrected chi connectivity index (χ3v) is 6.84. The molecular formula is C31H28F2N4O4. The van der Waals surface area contributed by atoms with Crippen LogP contribution >= 0.6 is 0 Å². The minimum Gasteiger partial charge on any atom is -0.494 e. The third-order valence-electron chi connectivity index (χ3n) is 6.84. The number of para-hydroxylation sites is 1. The van der Waals surface area contributed by atoms with Crippen LogP contribution in [-0.2, 0) is 4.79 Å². The molecule has 0 bridgehead atoms. The van der Waals surface area contributed by atoms with E-state index in [1.54, 1.807) is 24.4 Å². The van der Waals surface area contributed by atoms with Gasteiger partial charge < -0.3 is 25.4 Å². The number of carbonyl (C=O) groups excluding carboxylic acids is 2. The average Bonchev–Trinajstić information content (AvgIpc) is 3.79. The first-order chi connectivity index (χ1) is 19.7. The normalized spacial score (nSPS) is 12.5. The second-order valence-corrected chi connectivity index (χ2v) is 9.63. The van der Waals surface area contributed by atoms with E-state index in [4.69, 9.17) is 9.47 Å². The summed E-state index contributed by atoms with van der Waals surface area (Å²) in [4.78, 5) is 30.3. The van der Waals surface area contributed by atoms with Crippen molar-refractivity contribution in [2.45, 2.75) is 25.8 Å². The number of aromatic nitrogens is 1. The van der Waals surface area contributed by atoms with Crippen LogP contribution < -0.4 is 25.4 Å². The van der Waals surface area contributed by atoms with Crippen molar-refractivity contribution < 1.29 is 27.8 Å². The number of nitrogens with one attached hydrogen (secondary N) is 3.